The van der Waals surface area contributed by atoms with E-state index in [2.05, 4.69) is 0 Å². The Labute approximate surface area is 93.1 Å². The first-order chi connectivity index (χ1) is 7.05. The van der Waals surface area contributed by atoms with Crippen molar-refractivity contribution in [2.45, 2.75) is 38.9 Å². The van der Waals surface area contributed by atoms with Gasteiger partial charge < -0.3 is 19.9 Å². The van der Waals surface area contributed by atoms with Crippen LogP contribution in [0.2, 0.25) is 0 Å². The highest BCUT2D eigenvalue weighted by atomic mass is 16.5. The van der Waals surface area contributed by atoms with Crippen LogP contribution in [0.15, 0.2) is 0 Å². The molecule has 0 saturated carbocycles. The third-order valence-electron chi connectivity index (χ3n) is 2.37. The van der Waals surface area contributed by atoms with Crippen LogP contribution in [0.25, 0.3) is 0 Å². The molecule has 0 aromatic rings. The Bertz CT molecular complexity index is 151. The van der Waals surface area contributed by atoms with Crippen LogP contribution in [0.3, 0.4) is 0 Å². The monoisotopic (exact) mass is 219 g/mol. The van der Waals surface area contributed by atoms with Gasteiger partial charge in [-0.2, -0.15) is 0 Å². The largest absolute Gasteiger partial charge is 0.379 e. The van der Waals surface area contributed by atoms with E-state index in [1.165, 1.54) is 0 Å². The normalized spacial score (nSPS) is 14.2. The van der Waals surface area contributed by atoms with Crippen molar-refractivity contribution in [2.24, 2.45) is 5.73 Å². The summed E-state index contributed by atoms with van der Waals surface area (Å²) in [5.74, 6) is 0. The molecule has 4 heteroatoms. The third kappa shape index (κ3) is 7.73. The molecule has 0 aliphatic heterocycles. The molecule has 0 aromatic carbocycles. The zero-order valence-electron chi connectivity index (χ0n) is 10.4. The first-order valence-electron chi connectivity index (χ1n) is 5.50. The molecule has 0 amide bonds. The minimum absolute atomic E-state index is 0.0145. The maximum absolute atomic E-state index is 5.52. The van der Waals surface area contributed by atoms with Crippen molar-refractivity contribution >= 4 is 0 Å². The Hall–Kier alpha value is -0.160. The summed E-state index contributed by atoms with van der Waals surface area (Å²) in [6.45, 7) is 8.44. The Kier molecular flexibility index (Phi) is 7.96. The predicted octanol–water partition coefficient (Wildman–Crippen LogP) is 1.18. The standard InChI is InChI=1S/C11H25NO3/c1-5-15-10(8-12)9-14-7-6-11(2,3)13-4/h10H,5-9,12H2,1-4H3. The summed E-state index contributed by atoms with van der Waals surface area (Å²) < 4.78 is 16.1. The lowest BCUT2D eigenvalue weighted by molar-refractivity contribution is -0.0375. The summed E-state index contributed by atoms with van der Waals surface area (Å²) >= 11 is 0. The second kappa shape index (κ2) is 8.05. The summed E-state index contributed by atoms with van der Waals surface area (Å²) in [5, 5.41) is 0. The maximum Gasteiger partial charge on any atom is 0.0930 e. The molecule has 0 aliphatic carbocycles. The average Bonchev–Trinajstić information content (AvgIpc) is 2.22. The van der Waals surface area contributed by atoms with Gasteiger partial charge >= 0.3 is 0 Å². The lowest BCUT2D eigenvalue weighted by Crippen LogP contribution is -2.30. The van der Waals surface area contributed by atoms with Gasteiger partial charge in [0.1, 0.15) is 0 Å². The van der Waals surface area contributed by atoms with Crippen LogP contribution in [0.1, 0.15) is 27.2 Å². The second-order valence-electron chi connectivity index (χ2n) is 4.10. The molecule has 0 spiro atoms. The van der Waals surface area contributed by atoms with Crippen molar-refractivity contribution < 1.29 is 14.2 Å². The maximum atomic E-state index is 5.52. The zero-order valence-corrected chi connectivity index (χ0v) is 10.4. The van der Waals surface area contributed by atoms with Gasteiger partial charge in [-0.25, -0.2) is 0 Å². The number of rotatable bonds is 9. The highest BCUT2D eigenvalue weighted by molar-refractivity contribution is 4.67. The van der Waals surface area contributed by atoms with Gasteiger partial charge in [0.2, 0.25) is 0 Å². The molecular formula is C11H25NO3. The van der Waals surface area contributed by atoms with E-state index >= 15 is 0 Å². The third-order valence-corrected chi connectivity index (χ3v) is 2.37. The van der Waals surface area contributed by atoms with Crippen LogP contribution in [0.5, 0.6) is 0 Å². The SMILES string of the molecule is CCOC(CN)COCCC(C)(C)OC. The second-order valence-corrected chi connectivity index (χ2v) is 4.10. The summed E-state index contributed by atoms with van der Waals surface area (Å²) in [4.78, 5) is 0. The number of ether oxygens (including phenoxy) is 3. The van der Waals surface area contributed by atoms with Gasteiger partial charge in [0.05, 0.1) is 18.3 Å². The Balaban J connectivity index is 3.52. The molecular weight excluding hydrogens is 194 g/mol. The fourth-order valence-corrected chi connectivity index (χ4v) is 1.05. The van der Waals surface area contributed by atoms with E-state index in [0.29, 0.717) is 26.4 Å². The van der Waals surface area contributed by atoms with Gasteiger partial charge in [0, 0.05) is 26.9 Å². The summed E-state index contributed by atoms with van der Waals surface area (Å²) in [7, 11) is 1.71. The van der Waals surface area contributed by atoms with E-state index in [0.717, 1.165) is 6.42 Å². The zero-order chi connectivity index (χ0) is 11.7. The number of methoxy groups -OCH3 is 1. The highest BCUT2D eigenvalue weighted by Gasteiger charge is 2.16. The first-order valence-corrected chi connectivity index (χ1v) is 5.50. The Morgan fingerprint density at radius 2 is 2.00 bits per heavy atom. The lowest BCUT2D eigenvalue weighted by atomic mass is 10.1. The minimum atomic E-state index is -0.121. The fourth-order valence-electron chi connectivity index (χ4n) is 1.05. The highest BCUT2D eigenvalue weighted by Crippen LogP contribution is 2.12. The van der Waals surface area contributed by atoms with Gasteiger partial charge in [-0.1, -0.05) is 0 Å². The van der Waals surface area contributed by atoms with E-state index in [-0.39, 0.29) is 11.7 Å². The number of hydrogen-bond donors (Lipinski definition) is 1. The van der Waals surface area contributed by atoms with Gasteiger partial charge in [0.25, 0.3) is 0 Å². The van der Waals surface area contributed by atoms with Crippen molar-refractivity contribution in [1.29, 1.82) is 0 Å². The van der Waals surface area contributed by atoms with Crippen LogP contribution < -0.4 is 5.73 Å². The van der Waals surface area contributed by atoms with E-state index in [9.17, 15) is 0 Å². The van der Waals surface area contributed by atoms with Gasteiger partial charge in [-0.05, 0) is 27.2 Å². The molecule has 0 aromatic heterocycles. The number of nitrogens with two attached hydrogens (primary N) is 1. The van der Waals surface area contributed by atoms with Gasteiger partial charge in [0.15, 0.2) is 0 Å². The summed E-state index contributed by atoms with van der Waals surface area (Å²) in [6, 6.07) is 0. The predicted molar refractivity (Wildman–Crippen MR) is 61.0 cm³/mol. The van der Waals surface area contributed by atoms with E-state index in [1.807, 2.05) is 20.8 Å². The quantitative estimate of drug-likeness (QED) is 0.592. The van der Waals surface area contributed by atoms with E-state index < -0.39 is 0 Å². The molecule has 0 rings (SSSR count). The van der Waals surface area contributed by atoms with Crippen molar-refractivity contribution in [3.63, 3.8) is 0 Å². The van der Waals surface area contributed by atoms with Gasteiger partial charge in [-0.15, -0.1) is 0 Å². The molecule has 0 aliphatic rings. The molecule has 0 bridgehead atoms. The van der Waals surface area contributed by atoms with Crippen molar-refractivity contribution in [1.82, 2.24) is 0 Å². The van der Waals surface area contributed by atoms with Crippen molar-refractivity contribution in [3.8, 4) is 0 Å². The molecule has 0 fully saturated rings. The molecule has 92 valence electrons. The minimum Gasteiger partial charge on any atom is -0.379 e. The molecule has 2 N–H and O–H groups in total. The molecule has 0 radical (unpaired) electrons. The molecule has 1 unspecified atom stereocenters. The lowest BCUT2D eigenvalue weighted by Gasteiger charge is -2.23. The van der Waals surface area contributed by atoms with Crippen molar-refractivity contribution in [3.05, 3.63) is 0 Å². The van der Waals surface area contributed by atoms with Gasteiger partial charge in [-0.3, -0.25) is 0 Å². The van der Waals surface area contributed by atoms with Crippen LogP contribution in [0, 0.1) is 0 Å². The van der Waals surface area contributed by atoms with E-state index in [4.69, 9.17) is 19.9 Å². The van der Waals surface area contributed by atoms with Crippen molar-refractivity contribution in [2.75, 3.05) is 33.5 Å². The Morgan fingerprint density at radius 3 is 2.47 bits per heavy atom. The van der Waals surface area contributed by atoms with Crippen LogP contribution >= 0.6 is 0 Å². The first kappa shape index (κ1) is 14.8. The molecule has 0 heterocycles. The Morgan fingerprint density at radius 1 is 1.33 bits per heavy atom. The van der Waals surface area contributed by atoms with Crippen LogP contribution in [-0.4, -0.2) is 45.2 Å². The van der Waals surface area contributed by atoms with Crippen LogP contribution in [0.4, 0.5) is 0 Å². The van der Waals surface area contributed by atoms with Crippen LogP contribution in [-0.2, 0) is 14.2 Å². The molecule has 15 heavy (non-hydrogen) atoms. The topological polar surface area (TPSA) is 53.7 Å². The number of hydrogen-bond acceptors (Lipinski definition) is 4. The smallest absolute Gasteiger partial charge is 0.0930 e. The van der Waals surface area contributed by atoms with E-state index in [1.54, 1.807) is 7.11 Å². The average molecular weight is 219 g/mol. The summed E-state index contributed by atoms with van der Waals surface area (Å²) in [5.41, 5.74) is 5.40. The summed E-state index contributed by atoms with van der Waals surface area (Å²) in [6.07, 6.45) is 0.882. The molecule has 1 atom stereocenters. The molecule has 4 nitrogen and oxygen atoms in total. The molecule has 0 saturated heterocycles. The fraction of sp³-hybridized carbons (Fsp3) is 1.00.